The molecule has 0 atom stereocenters. The SMILES string of the molecule is C/C(=N\Nc1ccc(Cl)c(C(=O)O)c1)c1ccc(Cl)c(Cl)c1Cl. The Morgan fingerprint density at radius 1 is 1.00 bits per heavy atom. The molecule has 0 aromatic heterocycles. The number of nitrogens with zero attached hydrogens (tertiary/aromatic N) is 1. The number of rotatable bonds is 4. The molecule has 120 valence electrons. The van der Waals surface area contributed by atoms with Crippen molar-refractivity contribution in [2.45, 2.75) is 6.92 Å². The Balaban J connectivity index is 2.28. The number of aromatic carboxylic acids is 1. The lowest BCUT2D eigenvalue weighted by Gasteiger charge is -2.08. The third kappa shape index (κ3) is 4.09. The van der Waals surface area contributed by atoms with Crippen molar-refractivity contribution in [3.8, 4) is 0 Å². The first-order chi connectivity index (χ1) is 10.8. The molecule has 0 amide bonds. The Labute approximate surface area is 152 Å². The van der Waals surface area contributed by atoms with E-state index in [-0.39, 0.29) is 15.6 Å². The van der Waals surface area contributed by atoms with Gasteiger partial charge in [-0.05, 0) is 31.2 Å². The average Bonchev–Trinajstić information content (AvgIpc) is 2.51. The summed E-state index contributed by atoms with van der Waals surface area (Å²) in [6, 6.07) is 7.79. The molecule has 0 unspecified atom stereocenters. The second-order valence-electron chi connectivity index (χ2n) is 4.53. The van der Waals surface area contributed by atoms with Crippen molar-refractivity contribution in [1.82, 2.24) is 0 Å². The average molecular weight is 392 g/mol. The largest absolute Gasteiger partial charge is 0.478 e. The van der Waals surface area contributed by atoms with E-state index in [4.69, 9.17) is 51.5 Å². The molecule has 23 heavy (non-hydrogen) atoms. The van der Waals surface area contributed by atoms with E-state index in [0.29, 0.717) is 27.0 Å². The molecule has 0 fully saturated rings. The molecule has 0 aliphatic rings. The van der Waals surface area contributed by atoms with Gasteiger partial charge in [0.15, 0.2) is 0 Å². The molecule has 0 aliphatic carbocycles. The molecule has 0 heterocycles. The molecular formula is C15H10Cl4N2O2. The normalized spacial score (nSPS) is 11.4. The third-order valence-corrected chi connectivity index (χ3v) is 4.60. The Morgan fingerprint density at radius 3 is 2.30 bits per heavy atom. The lowest BCUT2D eigenvalue weighted by atomic mass is 10.1. The van der Waals surface area contributed by atoms with Crippen molar-refractivity contribution < 1.29 is 9.90 Å². The van der Waals surface area contributed by atoms with Crippen LogP contribution < -0.4 is 5.43 Å². The van der Waals surface area contributed by atoms with Crippen LogP contribution in [0.3, 0.4) is 0 Å². The van der Waals surface area contributed by atoms with Gasteiger partial charge in [-0.1, -0.05) is 52.5 Å². The lowest BCUT2D eigenvalue weighted by molar-refractivity contribution is 0.0697. The zero-order valence-corrected chi connectivity index (χ0v) is 14.7. The van der Waals surface area contributed by atoms with Crippen molar-refractivity contribution in [1.29, 1.82) is 0 Å². The minimum absolute atomic E-state index is 0.0166. The van der Waals surface area contributed by atoms with E-state index in [0.717, 1.165) is 0 Å². The first-order valence-electron chi connectivity index (χ1n) is 6.28. The maximum Gasteiger partial charge on any atom is 0.337 e. The van der Waals surface area contributed by atoms with Crippen molar-refractivity contribution in [3.63, 3.8) is 0 Å². The predicted octanol–water partition coefficient (Wildman–Crippen LogP) is 5.83. The summed E-state index contributed by atoms with van der Waals surface area (Å²) in [5.74, 6) is -1.12. The quantitative estimate of drug-likeness (QED) is 0.391. The van der Waals surface area contributed by atoms with E-state index in [1.165, 1.54) is 12.1 Å². The van der Waals surface area contributed by atoms with Crippen LogP contribution in [-0.4, -0.2) is 16.8 Å². The van der Waals surface area contributed by atoms with E-state index in [1.54, 1.807) is 25.1 Å². The molecular weight excluding hydrogens is 382 g/mol. The minimum Gasteiger partial charge on any atom is -0.478 e. The maximum atomic E-state index is 11.1. The van der Waals surface area contributed by atoms with Gasteiger partial charge in [0.2, 0.25) is 0 Å². The topological polar surface area (TPSA) is 61.7 Å². The van der Waals surface area contributed by atoms with Crippen LogP contribution in [0.1, 0.15) is 22.8 Å². The summed E-state index contributed by atoms with van der Waals surface area (Å²) in [6.07, 6.45) is 0. The van der Waals surface area contributed by atoms with E-state index >= 15 is 0 Å². The van der Waals surface area contributed by atoms with Gasteiger partial charge in [-0.2, -0.15) is 5.10 Å². The lowest BCUT2D eigenvalue weighted by Crippen LogP contribution is -2.03. The predicted molar refractivity (Wildman–Crippen MR) is 95.7 cm³/mol. The smallest absolute Gasteiger partial charge is 0.337 e. The first kappa shape index (κ1) is 17.9. The van der Waals surface area contributed by atoms with E-state index in [2.05, 4.69) is 10.5 Å². The number of hydrogen-bond acceptors (Lipinski definition) is 3. The van der Waals surface area contributed by atoms with Gasteiger partial charge in [0.25, 0.3) is 0 Å². The zero-order valence-electron chi connectivity index (χ0n) is 11.7. The molecule has 0 bridgehead atoms. The van der Waals surface area contributed by atoms with Crippen molar-refractivity contribution in [3.05, 3.63) is 61.5 Å². The molecule has 0 spiro atoms. The number of hydrogen-bond donors (Lipinski definition) is 2. The van der Waals surface area contributed by atoms with Crippen LogP contribution in [0.2, 0.25) is 20.1 Å². The molecule has 0 saturated heterocycles. The van der Waals surface area contributed by atoms with Gasteiger partial charge in [-0.3, -0.25) is 5.43 Å². The summed E-state index contributed by atoms with van der Waals surface area (Å²) in [7, 11) is 0. The van der Waals surface area contributed by atoms with Crippen molar-refractivity contribution in [2.24, 2.45) is 5.10 Å². The summed E-state index contributed by atoms with van der Waals surface area (Å²) in [6.45, 7) is 1.73. The fourth-order valence-corrected chi connectivity index (χ4v) is 2.64. The number of hydrazone groups is 1. The maximum absolute atomic E-state index is 11.1. The summed E-state index contributed by atoms with van der Waals surface area (Å²) < 4.78 is 0. The Hall–Kier alpha value is -1.46. The van der Waals surface area contributed by atoms with Gasteiger partial charge < -0.3 is 5.11 Å². The number of benzene rings is 2. The zero-order chi connectivity index (χ0) is 17.1. The summed E-state index contributed by atoms with van der Waals surface area (Å²) in [5.41, 5.74) is 4.38. The number of nitrogens with one attached hydrogen (secondary N) is 1. The van der Waals surface area contributed by atoms with Gasteiger partial charge in [0, 0.05) is 5.56 Å². The molecule has 2 aromatic carbocycles. The number of anilines is 1. The molecule has 0 radical (unpaired) electrons. The summed E-state index contributed by atoms with van der Waals surface area (Å²) >= 11 is 23.8. The fraction of sp³-hybridized carbons (Fsp3) is 0.0667. The molecule has 0 aliphatic heterocycles. The number of halogens is 4. The Kier molecular flexibility index (Phi) is 5.76. The van der Waals surface area contributed by atoms with Crippen LogP contribution >= 0.6 is 46.4 Å². The van der Waals surface area contributed by atoms with Gasteiger partial charge >= 0.3 is 5.97 Å². The van der Waals surface area contributed by atoms with E-state index < -0.39 is 5.97 Å². The number of carbonyl (C=O) groups is 1. The van der Waals surface area contributed by atoms with Crippen LogP contribution in [0.5, 0.6) is 0 Å². The van der Waals surface area contributed by atoms with Gasteiger partial charge in [0.1, 0.15) is 0 Å². The van der Waals surface area contributed by atoms with E-state index in [1.807, 2.05) is 0 Å². The van der Waals surface area contributed by atoms with E-state index in [9.17, 15) is 4.79 Å². The minimum atomic E-state index is -1.12. The molecule has 2 N–H and O–H groups in total. The molecule has 2 aromatic rings. The van der Waals surface area contributed by atoms with Crippen LogP contribution in [0.25, 0.3) is 0 Å². The molecule has 4 nitrogen and oxygen atoms in total. The number of carboxylic acids is 1. The second-order valence-corrected chi connectivity index (χ2v) is 6.10. The van der Waals surface area contributed by atoms with Gasteiger partial charge in [-0.15, -0.1) is 0 Å². The highest BCUT2D eigenvalue weighted by Crippen LogP contribution is 2.33. The molecule has 8 heteroatoms. The van der Waals surface area contributed by atoms with Gasteiger partial charge in [0.05, 0.1) is 37.1 Å². The highest BCUT2D eigenvalue weighted by Gasteiger charge is 2.12. The summed E-state index contributed by atoms with van der Waals surface area (Å²) in [5, 5.41) is 14.3. The molecule has 2 rings (SSSR count). The van der Waals surface area contributed by atoms with Crippen LogP contribution in [0, 0.1) is 0 Å². The Morgan fingerprint density at radius 2 is 1.65 bits per heavy atom. The number of carboxylic acid groups (broad SMARTS) is 1. The van der Waals surface area contributed by atoms with Gasteiger partial charge in [-0.25, -0.2) is 4.79 Å². The highest BCUT2D eigenvalue weighted by atomic mass is 35.5. The van der Waals surface area contributed by atoms with Crippen LogP contribution in [0.4, 0.5) is 5.69 Å². The Bertz CT molecular complexity index is 806. The van der Waals surface area contributed by atoms with Crippen molar-refractivity contribution >= 4 is 63.8 Å². The van der Waals surface area contributed by atoms with Crippen LogP contribution in [0.15, 0.2) is 35.4 Å². The molecule has 0 saturated carbocycles. The van der Waals surface area contributed by atoms with Crippen molar-refractivity contribution in [2.75, 3.05) is 5.43 Å². The summed E-state index contributed by atoms with van der Waals surface area (Å²) in [4.78, 5) is 11.1. The highest BCUT2D eigenvalue weighted by molar-refractivity contribution is 6.49. The van der Waals surface area contributed by atoms with Crippen LogP contribution in [-0.2, 0) is 0 Å². The first-order valence-corrected chi connectivity index (χ1v) is 7.79. The second kappa shape index (κ2) is 7.41. The third-order valence-electron chi connectivity index (χ3n) is 2.97. The monoisotopic (exact) mass is 390 g/mol. The fourth-order valence-electron chi connectivity index (χ4n) is 1.77. The standard InChI is InChI=1S/C15H10Cl4N2O2/c1-7(9-3-5-12(17)14(19)13(9)18)20-21-8-2-4-11(16)10(6-8)15(22)23/h2-6,21H,1H3,(H,22,23)/b20-7+.